The molecule has 0 saturated carbocycles. The standard InChI is InChI=1S/C12H10BrFN4O2/c13-10-2-1-8(5-11(10)14)18-7-9(20-12(18)19)6-17-4-3-15-16-17/h1-5,9H,6-7H2. The van der Waals surface area contributed by atoms with Crippen LogP contribution >= 0.6 is 15.9 Å². The highest BCUT2D eigenvalue weighted by molar-refractivity contribution is 9.10. The zero-order valence-electron chi connectivity index (χ0n) is 10.2. The van der Waals surface area contributed by atoms with E-state index in [0.717, 1.165) is 0 Å². The van der Waals surface area contributed by atoms with Crippen molar-refractivity contribution in [1.29, 1.82) is 0 Å². The number of benzene rings is 1. The molecule has 8 heteroatoms. The number of aromatic nitrogens is 3. The third kappa shape index (κ3) is 2.51. The normalized spacial score (nSPS) is 18.4. The molecule has 1 atom stereocenters. The molecular weight excluding hydrogens is 331 g/mol. The number of rotatable bonds is 3. The Morgan fingerprint density at radius 1 is 1.50 bits per heavy atom. The largest absolute Gasteiger partial charge is 0.442 e. The van der Waals surface area contributed by atoms with Gasteiger partial charge in [0.2, 0.25) is 0 Å². The lowest BCUT2D eigenvalue weighted by molar-refractivity contribution is 0.129. The topological polar surface area (TPSA) is 60.3 Å². The van der Waals surface area contributed by atoms with Gasteiger partial charge >= 0.3 is 6.09 Å². The van der Waals surface area contributed by atoms with E-state index in [1.807, 2.05) is 0 Å². The van der Waals surface area contributed by atoms with Crippen molar-refractivity contribution in [2.24, 2.45) is 0 Å². The highest BCUT2D eigenvalue weighted by Crippen LogP contribution is 2.26. The fourth-order valence-electron chi connectivity index (χ4n) is 2.02. The van der Waals surface area contributed by atoms with Crippen molar-refractivity contribution in [3.8, 4) is 0 Å². The van der Waals surface area contributed by atoms with E-state index in [1.54, 1.807) is 29.2 Å². The van der Waals surface area contributed by atoms with Crippen LogP contribution in [0.15, 0.2) is 35.1 Å². The molecule has 3 rings (SSSR count). The molecule has 2 aromatic rings. The summed E-state index contributed by atoms with van der Waals surface area (Å²) in [6.07, 6.45) is 2.42. The van der Waals surface area contributed by atoms with Crippen LogP contribution in [0, 0.1) is 5.82 Å². The molecule has 0 N–H and O–H groups in total. The Morgan fingerprint density at radius 2 is 2.35 bits per heavy atom. The lowest BCUT2D eigenvalue weighted by Gasteiger charge is -2.13. The molecule has 1 aliphatic heterocycles. The maximum absolute atomic E-state index is 13.5. The molecule has 0 spiro atoms. The first-order valence-electron chi connectivity index (χ1n) is 5.91. The first-order valence-corrected chi connectivity index (χ1v) is 6.70. The number of hydrogen-bond acceptors (Lipinski definition) is 4. The predicted molar refractivity (Wildman–Crippen MR) is 71.7 cm³/mol. The van der Waals surface area contributed by atoms with Crippen molar-refractivity contribution >= 4 is 27.7 Å². The number of amides is 1. The van der Waals surface area contributed by atoms with Gasteiger partial charge in [-0.2, -0.15) is 0 Å². The number of anilines is 1. The van der Waals surface area contributed by atoms with E-state index in [0.29, 0.717) is 23.2 Å². The second kappa shape index (κ2) is 5.20. The minimum Gasteiger partial charge on any atom is -0.442 e. The molecule has 1 fully saturated rings. The van der Waals surface area contributed by atoms with Gasteiger partial charge in [-0.25, -0.2) is 13.9 Å². The van der Waals surface area contributed by atoms with Gasteiger partial charge in [-0.3, -0.25) is 4.90 Å². The van der Waals surface area contributed by atoms with E-state index in [1.165, 1.54) is 11.0 Å². The number of hydrogen-bond donors (Lipinski definition) is 0. The van der Waals surface area contributed by atoms with Crippen LogP contribution in [0.5, 0.6) is 0 Å². The van der Waals surface area contributed by atoms with Crippen molar-refractivity contribution in [2.75, 3.05) is 11.4 Å². The summed E-state index contributed by atoms with van der Waals surface area (Å²) in [4.78, 5) is 13.2. The third-order valence-corrected chi connectivity index (χ3v) is 3.59. The molecule has 0 aliphatic carbocycles. The number of cyclic esters (lactones) is 1. The van der Waals surface area contributed by atoms with Crippen molar-refractivity contribution in [2.45, 2.75) is 12.6 Å². The molecule has 1 saturated heterocycles. The van der Waals surface area contributed by atoms with Crippen LogP contribution in [0.25, 0.3) is 0 Å². The van der Waals surface area contributed by atoms with E-state index in [9.17, 15) is 9.18 Å². The molecule has 1 aliphatic rings. The molecule has 1 aromatic carbocycles. The molecule has 2 heterocycles. The van der Waals surface area contributed by atoms with Crippen molar-refractivity contribution in [3.05, 3.63) is 40.9 Å². The second-order valence-corrected chi connectivity index (χ2v) is 5.19. The summed E-state index contributed by atoms with van der Waals surface area (Å²) >= 11 is 3.08. The Kier molecular flexibility index (Phi) is 3.39. The minimum absolute atomic E-state index is 0.337. The van der Waals surface area contributed by atoms with Gasteiger partial charge in [0.05, 0.1) is 29.4 Å². The fraction of sp³-hybridized carbons (Fsp3) is 0.250. The highest BCUT2D eigenvalue weighted by Gasteiger charge is 2.33. The Hall–Kier alpha value is -1.96. The van der Waals surface area contributed by atoms with Gasteiger partial charge in [0.25, 0.3) is 0 Å². The number of halogens is 2. The van der Waals surface area contributed by atoms with Crippen LogP contribution in [0.3, 0.4) is 0 Å². The molecule has 20 heavy (non-hydrogen) atoms. The van der Waals surface area contributed by atoms with Crippen molar-refractivity contribution in [3.63, 3.8) is 0 Å². The van der Waals surface area contributed by atoms with E-state index in [-0.39, 0.29) is 6.10 Å². The van der Waals surface area contributed by atoms with Crippen molar-refractivity contribution in [1.82, 2.24) is 15.0 Å². The molecule has 1 amide bonds. The van der Waals surface area contributed by atoms with Crippen LogP contribution in [0.4, 0.5) is 14.9 Å². The maximum Gasteiger partial charge on any atom is 0.414 e. The predicted octanol–water partition coefficient (Wildman–Crippen LogP) is 2.21. The Labute approximate surface area is 122 Å². The van der Waals surface area contributed by atoms with Crippen LogP contribution in [-0.4, -0.2) is 33.7 Å². The Balaban J connectivity index is 1.75. The number of ether oxygens (including phenoxy) is 1. The molecule has 104 valence electrons. The van der Waals surface area contributed by atoms with E-state index >= 15 is 0 Å². The summed E-state index contributed by atoms with van der Waals surface area (Å²) in [6.45, 7) is 0.765. The number of nitrogens with zero attached hydrogens (tertiary/aromatic N) is 4. The average Bonchev–Trinajstić information content (AvgIpc) is 3.03. The zero-order valence-corrected chi connectivity index (χ0v) is 11.8. The minimum atomic E-state index is -0.489. The van der Waals surface area contributed by atoms with Gasteiger partial charge < -0.3 is 4.74 Å². The summed E-state index contributed by atoms with van der Waals surface area (Å²) in [5.74, 6) is -0.421. The summed E-state index contributed by atoms with van der Waals surface area (Å²) in [5, 5.41) is 7.50. The zero-order chi connectivity index (χ0) is 14.1. The SMILES string of the molecule is O=C1OC(Cn2ccnn2)CN1c1ccc(Br)c(F)c1. The number of carbonyl (C=O) groups is 1. The Bertz CT molecular complexity index is 634. The second-order valence-electron chi connectivity index (χ2n) is 4.34. The lowest BCUT2D eigenvalue weighted by Crippen LogP contribution is -2.26. The smallest absolute Gasteiger partial charge is 0.414 e. The van der Waals surface area contributed by atoms with Gasteiger partial charge in [-0.05, 0) is 34.1 Å². The molecule has 0 bridgehead atoms. The van der Waals surface area contributed by atoms with Gasteiger partial charge in [0.1, 0.15) is 11.9 Å². The average molecular weight is 341 g/mol. The summed E-state index contributed by atoms with van der Waals surface area (Å²) in [6, 6.07) is 4.51. The lowest BCUT2D eigenvalue weighted by atomic mass is 10.2. The van der Waals surface area contributed by atoms with Gasteiger partial charge in [-0.15, -0.1) is 5.10 Å². The third-order valence-electron chi connectivity index (χ3n) is 2.95. The fourth-order valence-corrected chi connectivity index (χ4v) is 2.27. The van der Waals surface area contributed by atoms with Gasteiger partial charge in [0, 0.05) is 6.20 Å². The first-order chi connectivity index (χ1) is 9.63. The van der Waals surface area contributed by atoms with E-state index < -0.39 is 11.9 Å². The van der Waals surface area contributed by atoms with Gasteiger partial charge in [0.15, 0.2) is 0 Å². The quantitative estimate of drug-likeness (QED) is 0.859. The summed E-state index contributed by atoms with van der Waals surface area (Å²) in [5.41, 5.74) is 0.469. The van der Waals surface area contributed by atoms with Crippen LogP contribution in [-0.2, 0) is 11.3 Å². The molecule has 1 aromatic heterocycles. The summed E-state index contributed by atoms with van der Waals surface area (Å²) < 4.78 is 20.7. The van der Waals surface area contributed by atoms with Gasteiger partial charge in [-0.1, -0.05) is 5.21 Å². The van der Waals surface area contributed by atoms with E-state index in [4.69, 9.17) is 4.74 Å². The maximum atomic E-state index is 13.5. The molecule has 0 radical (unpaired) electrons. The van der Waals surface area contributed by atoms with Crippen molar-refractivity contribution < 1.29 is 13.9 Å². The van der Waals surface area contributed by atoms with E-state index in [2.05, 4.69) is 26.2 Å². The van der Waals surface area contributed by atoms with Crippen LogP contribution in [0.1, 0.15) is 0 Å². The highest BCUT2D eigenvalue weighted by atomic mass is 79.9. The summed E-state index contributed by atoms with van der Waals surface area (Å²) in [7, 11) is 0. The number of carbonyl (C=O) groups excluding carboxylic acids is 1. The monoisotopic (exact) mass is 340 g/mol. The Morgan fingerprint density at radius 3 is 3.05 bits per heavy atom. The molecule has 1 unspecified atom stereocenters. The molecule has 6 nitrogen and oxygen atoms in total. The van der Waals surface area contributed by atoms with Crippen LogP contribution in [0.2, 0.25) is 0 Å². The molecular formula is C12H10BrFN4O2. The first kappa shape index (κ1) is 13.0. The van der Waals surface area contributed by atoms with Crippen LogP contribution < -0.4 is 4.90 Å².